The number of nitrogens with one attached hydrogen (secondary N) is 1. The van der Waals surface area contributed by atoms with Crippen molar-refractivity contribution >= 4 is 27.4 Å². The molecule has 0 aliphatic rings. The lowest BCUT2D eigenvalue weighted by Gasteiger charge is -2.11. The van der Waals surface area contributed by atoms with Gasteiger partial charge >= 0.3 is 0 Å². The van der Waals surface area contributed by atoms with E-state index in [2.05, 4.69) is 9.71 Å². The van der Waals surface area contributed by atoms with Gasteiger partial charge in [-0.15, -0.1) is 0 Å². The van der Waals surface area contributed by atoms with Gasteiger partial charge in [-0.05, 0) is 54.5 Å². The van der Waals surface area contributed by atoms with Gasteiger partial charge in [-0.3, -0.25) is 4.72 Å². The first-order valence-electron chi connectivity index (χ1n) is 9.33. The molecule has 6 nitrogen and oxygen atoms in total. The Bertz CT molecular complexity index is 1330. The summed E-state index contributed by atoms with van der Waals surface area (Å²) in [4.78, 5) is 4.64. The average molecular weight is 420 g/mol. The average Bonchev–Trinajstić information content (AvgIpc) is 3.16. The Morgan fingerprint density at radius 2 is 1.87 bits per heavy atom. The highest BCUT2D eigenvalue weighted by atomic mass is 32.2. The number of aryl methyl sites for hydroxylation is 1. The molecule has 4 aromatic rings. The van der Waals surface area contributed by atoms with Crippen molar-refractivity contribution in [3.63, 3.8) is 0 Å². The summed E-state index contributed by atoms with van der Waals surface area (Å²) >= 11 is 0. The Labute approximate surface area is 175 Å². The maximum atomic E-state index is 12.6. The van der Waals surface area contributed by atoms with Crippen LogP contribution in [0.5, 0.6) is 5.75 Å². The molecule has 0 fully saturated rings. The first-order valence-corrected chi connectivity index (χ1v) is 10.9. The van der Waals surface area contributed by atoms with E-state index in [1.165, 1.54) is 7.11 Å². The van der Waals surface area contributed by atoms with Gasteiger partial charge < -0.3 is 9.14 Å². The van der Waals surface area contributed by atoms with Crippen LogP contribution in [0.1, 0.15) is 11.1 Å². The third kappa shape index (κ3) is 4.36. The lowest BCUT2D eigenvalue weighted by molar-refractivity contribution is 0.417. The van der Waals surface area contributed by atoms with Crippen molar-refractivity contribution in [2.24, 2.45) is 0 Å². The number of ether oxygens (including phenoxy) is 1. The molecule has 2 heterocycles. The fourth-order valence-electron chi connectivity index (χ4n) is 3.09. The van der Waals surface area contributed by atoms with E-state index in [-0.39, 0.29) is 0 Å². The lowest BCUT2D eigenvalue weighted by atomic mass is 10.1. The summed E-state index contributed by atoms with van der Waals surface area (Å²) < 4.78 is 35.0. The van der Waals surface area contributed by atoms with Crippen LogP contribution in [0.4, 0.5) is 5.69 Å². The van der Waals surface area contributed by atoms with Crippen LogP contribution < -0.4 is 9.46 Å². The van der Waals surface area contributed by atoms with Gasteiger partial charge in [-0.25, -0.2) is 13.4 Å². The predicted molar refractivity (Wildman–Crippen MR) is 120 cm³/mol. The molecule has 0 atom stereocenters. The van der Waals surface area contributed by atoms with E-state index in [0.717, 1.165) is 33.4 Å². The van der Waals surface area contributed by atoms with Crippen molar-refractivity contribution in [1.29, 1.82) is 0 Å². The minimum atomic E-state index is -3.73. The topological polar surface area (TPSA) is 72.7 Å². The predicted octanol–water partition coefficient (Wildman–Crippen LogP) is 4.73. The SMILES string of the molecule is COc1ccc(-c2cn3ccc(C)cc3n2)cc1NS(=O)(=O)/C=C/c1ccccc1. The van der Waals surface area contributed by atoms with Crippen LogP contribution in [0.3, 0.4) is 0 Å². The molecule has 4 rings (SSSR count). The fourth-order valence-corrected chi connectivity index (χ4v) is 3.96. The Hall–Kier alpha value is -3.58. The third-order valence-corrected chi connectivity index (χ3v) is 5.60. The number of anilines is 1. The summed E-state index contributed by atoms with van der Waals surface area (Å²) in [6.07, 6.45) is 5.40. The molecule has 7 heteroatoms. The monoisotopic (exact) mass is 419 g/mol. The standard InChI is InChI=1S/C23H21N3O3S/c1-17-10-12-26-16-21(24-23(26)14-17)19-8-9-22(29-2)20(15-19)25-30(27,28)13-11-18-6-4-3-5-7-18/h3-16,25H,1-2H3/b13-11+. The number of pyridine rings is 1. The lowest BCUT2D eigenvalue weighted by Crippen LogP contribution is -2.10. The van der Waals surface area contributed by atoms with E-state index in [1.54, 1.807) is 18.2 Å². The van der Waals surface area contributed by atoms with Gasteiger partial charge in [0, 0.05) is 18.0 Å². The molecule has 0 saturated heterocycles. The molecule has 0 radical (unpaired) electrons. The number of nitrogens with zero attached hydrogens (tertiary/aromatic N) is 2. The summed E-state index contributed by atoms with van der Waals surface area (Å²) in [6.45, 7) is 2.01. The van der Waals surface area contributed by atoms with Crippen molar-refractivity contribution in [3.05, 3.63) is 89.6 Å². The second-order valence-corrected chi connectivity index (χ2v) is 8.44. The number of hydrogen-bond acceptors (Lipinski definition) is 4. The molecule has 152 valence electrons. The van der Waals surface area contributed by atoms with E-state index in [1.807, 2.05) is 72.2 Å². The summed E-state index contributed by atoms with van der Waals surface area (Å²) in [5.41, 5.74) is 4.61. The minimum absolute atomic E-state index is 0.348. The highest BCUT2D eigenvalue weighted by molar-refractivity contribution is 7.95. The summed E-state index contributed by atoms with van der Waals surface area (Å²) in [5, 5.41) is 1.14. The quantitative estimate of drug-likeness (QED) is 0.490. The third-order valence-electron chi connectivity index (χ3n) is 4.60. The van der Waals surface area contributed by atoms with E-state index in [0.29, 0.717) is 11.4 Å². The van der Waals surface area contributed by atoms with Gasteiger partial charge in [0.15, 0.2) is 0 Å². The van der Waals surface area contributed by atoms with Gasteiger partial charge in [0.25, 0.3) is 10.0 Å². The van der Waals surface area contributed by atoms with Crippen LogP contribution in [-0.2, 0) is 10.0 Å². The molecule has 0 bridgehead atoms. The maximum absolute atomic E-state index is 12.6. The van der Waals surface area contributed by atoms with E-state index < -0.39 is 10.0 Å². The van der Waals surface area contributed by atoms with Crippen molar-refractivity contribution in [2.45, 2.75) is 6.92 Å². The van der Waals surface area contributed by atoms with Gasteiger partial charge in [-0.1, -0.05) is 30.3 Å². The molecule has 0 saturated carbocycles. The second kappa shape index (κ2) is 8.04. The van der Waals surface area contributed by atoms with E-state index >= 15 is 0 Å². The molecule has 0 amide bonds. The zero-order valence-electron chi connectivity index (χ0n) is 16.6. The fraction of sp³-hybridized carbons (Fsp3) is 0.0870. The molecule has 0 aliphatic heterocycles. The van der Waals surface area contributed by atoms with Gasteiger partial charge in [0.05, 0.1) is 23.9 Å². The second-order valence-electron chi connectivity index (χ2n) is 6.87. The Kier molecular flexibility index (Phi) is 5.29. The van der Waals surface area contributed by atoms with Crippen molar-refractivity contribution < 1.29 is 13.2 Å². The molecule has 1 N–H and O–H groups in total. The first-order chi connectivity index (χ1) is 14.4. The van der Waals surface area contributed by atoms with Crippen molar-refractivity contribution in [2.75, 3.05) is 11.8 Å². The summed E-state index contributed by atoms with van der Waals surface area (Å²) in [6, 6.07) is 18.5. The largest absolute Gasteiger partial charge is 0.495 e. The highest BCUT2D eigenvalue weighted by Crippen LogP contribution is 2.31. The zero-order chi connectivity index (χ0) is 21.1. The Morgan fingerprint density at radius 3 is 2.63 bits per heavy atom. The first kappa shape index (κ1) is 19.7. The zero-order valence-corrected chi connectivity index (χ0v) is 17.4. The number of imidazole rings is 1. The molecular weight excluding hydrogens is 398 g/mol. The van der Waals surface area contributed by atoms with Gasteiger partial charge in [0.1, 0.15) is 11.4 Å². The van der Waals surface area contributed by atoms with Crippen molar-refractivity contribution in [3.8, 4) is 17.0 Å². The van der Waals surface area contributed by atoms with E-state index in [9.17, 15) is 8.42 Å². The smallest absolute Gasteiger partial charge is 0.255 e. The molecule has 2 aromatic heterocycles. The number of sulfonamides is 1. The van der Waals surface area contributed by atoms with Crippen molar-refractivity contribution in [1.82, 2.24) is 9.38 Å². The normalized spacial score (nSPS) is 11.8. The van der Waals surface area contributed by atoms with Gasteiger partial charge in [0.2, 0.25) is 0 Å². The molecule has 0 aliphatic carbocycles. The maximum Gasteiger partial charge on any atom is 0.255 e. The number of rotatable bonds is 6. The number of methoxy groups -OCH3 is 1. The highest BCUT2D eigenvalue weighted by Gasteiger charge is 2.13. The van der Waals surface area contributed by atoms with Crippen LogP contribution in [0.25, 0.3) is 23.0 Å². The summed E-state index contributed by atoms with van der Waals surface area (Å²) in [5.74, 6) is 0.426. The van der Waals surface area contributed by atoms with Gasteiger partial charge in [-0.2, -0.15) is 0 Å². The molecule has 0 unspecified atom stereocenters. The Morgan fingerprint density at radius 1 is 1.07 bits per heavy atom. The number of hydrogen-bond donors (Lipinski definition) is 1. The number of aromatic nitrogens is 2. The Balaban J connectivity index is 1.66. The number of benzene rings is 2. The number of fused-ring (bicyclic) bond motifs is 1. The molecule has 0 spiro atoms. The van der Waals surface area contributed by atoms with Crippen LogP contribution in [0, 0.1) is 6.92 Å². The molecule has 30 heavy (non-hydrogen) atoms. The van der Waals surface area contributed by atoms with Crippen LogP contribution in [-0.4, -0.2) is 24.9 Å². The minimum Gasteiger partial charge on any atom is -0.495 e. The molecule has 2 aromatic carbocycles. The molecular formula is C23H21N3O3S. The van der Waals surface area contributed by atoms with Crippen LogP contribution in [0.2, 0.25) is 0 Å². The summed E-state index contributed by atoms with van der Waals surface area (Å²) in [7, 11) is -2.23. The van der Waals surface area contributed by atoms with Crippen LogP contribution >= 0.6 is 0 Å². The van der Waals surface area contributed by atoms with E-state index in [4.69, 9.17) is 4.74 Å². The van der Waals surface area contributed by atoms with Crippen LogP contribution in [0.15, 0.2) is 78.5 Å².